The first-order valence-corrected chi connectivity index (χ1v) is 16.8. The number of aliphatic hydroxyl groups excluding tert-OH is 11. The maximum Gasteiger partial charge on any atom is 0.239 e. The molecule has 0 radical (unpaired) electrons. The largest absolute Gasteiger partial charge is 0.507 e. The van der Waals surface area contributed by atoms with Gasteiger partial charge in [-0.25, -0.2) is 0 Å². The third-order valence-corrected chi connectivity index (χ3v) is 9.53. The lowest BCUT2D eigenvalue weighted by Crippen LogP contribution is -2.62. The highest BCUT2D eigenvalue weighted by molar-refractivity contribution is 5.93. The van der Waals surface area contributed by atoms with Gasteiger partial charge in [-0.2, -0.15) is 0 Å². The lowest BCUT2D eigenvalue weighted by Gasteiger charge is -2.42. The minimum Gasteiger partial charge on any atom is -0.507 e. The summed E-state index contributed by atoms with van der Waals surface area (Å²) in [5.41, 5.74) is -2.36. The van der Waals surface area contributed by atoms with Crippen molar-refractivity contribution in [2.24, 2.45) is 0 Å². The SMILES string of the molecule is O=c1c(OC2OC(COC3OC(CO)C(O)C(O)C3O)C(O)C(O)C2O)c(-c2ccc(O)c(O)c2)oc2c(OC3OC(CO)C(O)C(O)C3O)c(O)cc(O)c12. The van der Waals surface area contributed by atoms with Crippen molar-refractivity contribution in [1.82, 2.24) is 0 Å². The van der Waals surface area contributed by atoms with Crippen LogP contribution in [-0.2, 0) is 18.9 Å². The monoisotopic (exact) mass is 804 g/mol. The first-order chi connectivity index (χ1) is 26.5. The Morgan fingerprint density at radius 2 is 1.04 bits per heavy atom. The van der Waals surface area contributed by atoms with Crippen molar-refractivity contribution < 1.29 is 109 Å². The highest BCUT2D eigenvalue weighted by Crippen LogP contribution is 2.45. The molecule has 310 valence electrons. The van der Waals surface area contributed by atoms with Crippen LogP contribution in [0.15, 0.2) is 33.5 Å². The van der Waals surface area contributed by atoms with E-state index in [1.165, 1.54) is 0 Å². The summed E-state index contributed by atoms with van der Waals surface area (Å²) >= 11 is 0. The molecule has 0 spiro atoms. The Balaban J connectivity index is 1.39. The van der Waals surface area contributed by atoms with Crippen LogP contribution in [0.5, 0.6) is 34.5 Å². The molecular weight excluding hydrogens is 764 g/mol. The van der Waals surface area contributed by atoms with Gasteiger partial charge in [0.1, 0.15) is 84.4 Å². The molecule has 23 nitrogen and oxygen atoms in total. The molecule has 3 aliphatic rings. The smallest absolute Gasteiger partial charge is 0.239 e. The number of hydrogen-bond donors (Lipinski definition) is 15. The molecule has 4 heterocycles. The van der Waals surface area contributed by atoms with Gasteiger partial charge in [-0.1, -0.05) is 0 Å². The highest BCUT2D eigenvalue weighted by Gasteiger charge is 2.49. The molecule has 15 unspecified atom stereocenters. The molecular formula is C33H40O23. The van der Waals surface area contributed by atoms with Crippen LogP contribution < -0.4 is 14.9 Å². The van der Waals surface area contributed by atoms with Crippen molar-refractivity contribution in [2.75, 3.05) is 19.8 Å². The van der Waals surface area contributed by atoms with Crippen molar-refractivity contribution in [1.29, 1.82) is 0 Å². The maximum atomic E-state index is 14.2. The molecule has 15 N–H and O–H groups in total. The molecule has 1 aromatic heterocycles. The second kappa shape index (κ2) is 16.4. The topological polar surface area (TPSA) is 389 Å². The summed E-state index contributed by atoms with van der Waals surface area (Å²) in [6.45, 7) is -2.43. The lowest BCUT2D eigenvalue weighted by molar-refractivity contribution is -0.323. The van der Waals surface area contributed by atoms with Gasteiger partial charge in [0, 0.05) is 11.6 Å². The zero-order valence-electron chi connectivity index (χ0n) is 28.6. The fraction of sp³-hybridized carbons (Fsp3) is 0.545. The Morgan fingerprint density at radius 3 is 1.59 bits per heavy atom. The van der Waals surface area contributed by atoms with Crippen LogP contribution >= 0.6 is 0 Å². The minimum atomic E-state index is -2.15. The Labute approximate surface area is 312 Å². The van der Waals surface area contributed by atoms with Crippen molar-refractivity contribution in [3.05, 3.63) is 34.5 Å². The summed E-state index contributed by atoms with van der Waals surface area (Å²) in [7, 11) is 0. The van der Waals surface area contributed by atoms with Crippen LogP contribution in [0, 0.1) is 0 Å². The van der Waals surface area contributed by atoms with E-state index in [2.05, 4.69) is 0 Å². The standard InChI is InChI=1S/C33H40O23/c34-5-13-17(40)21(44)24(47)31(51-13)50-7-15-19(42)23(46)26(49)33(53-15)56-30-20(43)16-11(38)4-12(39)28(55-32-25(48)22(45)18(41)14(6-35)52-32)29(16)54-27(30)8-1-2-9(36)10(37)3-8/h1-4,13-15,17-19,21-26,31-42,44-49H,5-7H2. The number of aromatic hydroxyl groups is 4. The first kappa shape index (κ1) is 41.5. The predicted molar refractivity (Wildman–Crippen MR) is 176 cm³/mol. The second-order valence-electron chi connectivity index (χ2n) is 13.2. The summed E-state index contributed by atoms with van der Waals surface area (Å²) in [5.74, 6) is -5.72. The van der Waals surface area contributed by atoms with Gasteiger partial charge in [0.05, 0.1) is 19.8 Å². The van der Waals surface area contributed by atoms with E-state index in [9.17, 15) is 81.4 Å². The summed E-state index contributed by atoms with van der Waals surface area (Å²) < 4.78 is 38.8. The molecule has 3 aliphatic heterocycles. The molecule has 0 aliphatic carbocycles. The van der Waals surface area contributed by atoms with Crippen molar-refractivity contribution in [3.63, 3.8) is 0 Å². The molecule has 23 heteroatoms. The van der Waals surface area contributed by atoms with Gasteiger partial charge in [-0.15, -0.1) is 0 Å². The van der Waals surface area contributed by atoms with E-state index in [1.54, 1.807) is 0 Å². The van der Waals surface area contributed by atoms with Gasteiger partial charge in [-0.3, -0.25) is 4.79 Å². The lowest BCUT2D eigenvalue weighted by atomic mass is 9.98. The van der Waals surface area contributed by atoms with E-state index in [0.29, 0.717) is 6.07 Å². The summed E-state index contributed by atoms with van der Waals surface area (Å²) in [5, 5.41) is 154. The van der Waals surface area contributed by atoms with Crippen molar-refractivity contribution in [2.45, 2.75) is 92.1 Å². The average molecular weight is 805 g/mol. The Hall–Kier alpha value is -4.15. The molecule has 56 heavy (non-hydrogen) atoms. The molecule has 0 saturated carbocycles. The number of benzene rings is 2. The molecule has 0 bridgehead atoms. The molecule has 3 aromatic rings. The van der Waals surface area contributed by atoms with Crippen LogP contribution in [0.4, 0.5) is 0 Å². The van der Waals surface area contributed by atoms with Gasteiger partial charge >= 0.3 is 0 Å². The number of hydrogen-bond acceptors (Lipinski definition) is 23. The van der Waals surface area contributed by atoms with Crippen LogP contribution in [-0.4, -0.2) is 189 Å². The average Bonchev–Trinajstić information content (AvgIpc) is 3.17. The number of phenolic OH excluding ortho intramolecular Hbond substituents is 4. The summed E-state index contributed by atoms with van der Waals surface area (Å²) in [6.07, 6.45) is -27.7. The zero-order chi connectivity index (χ0) is 40.9. The van der Waals surface area contributed by atoms with E-state index in [-0.39, 0.29) is 5.56 Å². The van der Waals surface area contributed by atoms with Crippen molar-refractivity contribution in [3.8, 4) is 45.8 Å². The minimum absolute atomic E-state index is 0.260. The summed E-state index contributed by atoms with van der Waals surface area (Å²) in [6, 6.07) is 3.54. The maximum absolute atomic E-state index is 14.2. The quantitative estimate of drug-likeness (QED) is 0.0850. The second-order valence-corrected chi connectivity index (χ2v) is 13.2. The third-order valence-electron chi connectivity index (χ3n) is 9.53. The zero-order valence-corrected chi connectivity index (χ0v) is 28.6. The van der Waals surface area contributed by atoms with Crippen molar-refractivity contribution >= 4 is 11.0 Å². The number of aliphatic hydroxyl groups is 11. The van der Waals surface area contributed by atoms with Gasteiger partial charge in [-0.05, 0) is 18.2 Å². The number of rotatable bonds is 10. The van der Waals surface area contributed by atoms with Crippen LogP contribution in [0.2, 0.25) is 0 Å². The van der Waals surface area contributed by atoms with Gasteiger partial charge in [0.2, 0.25) is 29.5 Å². The van der Waals surface area contributed by atoms with Gasteiger partial charge in [0.25, 0.3) is 0 Å². The first-order valence-electron chi connectivity index (χ1n) is 16.8. The molecule has 6 rings (SSSR count). The number of phenols is 4. The Morgan fingerprint density at radius 1 is 0.536 bits per heavy atom. The number of fused-ring (bicyclic) bond motifs is 1. The molecule has 0 amide bonds. The van der Waals surface area contributed by atoms with E-state index >= 15 is 0 Å². The van der Waals surface area contributed by atoms with E-state index in [1.807, 2.05) is 0 Å². The summed E-state index contributed by atoms with van der Waals surface area (Å²) in [4.78, 5) is 14.2. The fourth-order valence-corrected chi connectivity index (χ4v) is 6.31. The molecule has 15 atom stereocenters. The normalized spacial score (nSPS) is 36.4. The van der Waals surface area contributed by atoms with Gasteiger partial charge < -0.3 is 109 Å². The van der Waals surface area contributed by atoms with E-state index in [0.717, 1.165) is 18.2 Å². The Bertz CT molecular complexity index is 1920. The molecule has 3 saturated heterocycles. The molecule has 3 fully saturated rings. The highest BCUT2D eigenvalue weighted by atomic mass is 16.7. The Kier molecular flexibility index (Phi) is 12.1. The van der Waals surface area contributed by atoms with E-state index in [4.69, 9.17) is 32.8 Å². The predicted octanol–water partition coefficient (Wildman–Crippen LogP) is -5.54. The fourth-order valence-electron chi connectivity index (χ4n) is 6.31. The van der Waals surface area contributed by atoms with E-state index < -0.39 is 169 Å². The van der Waals surface area contributed by atoms with Crippen LogP contribution in [0.25, 0.3) is 22.3 Å². The van der Waals surface area contributed by atoms with Gasteiger partial charge in [0.15, 0.2) is 34.9 Å². The molecule has 2 aromatic carbocycles. The van der Waals surface area contributed by atoms with Crippen LogP contribution in [0.3, 0.4) is 0 Å². The van der Waals surface area contributed by atoms with Crippen LogP contribution in [0.1, 0.15) is 0 Å². The number of ether oxygens (including phenoxy) is 6. The third kappa shape index (κ3) is 7.51.